The molecule has 3 aromatic carbocycles. The molecule has 1 aliphatic rings. The minimum absolute atomic E-state index is 0.0188. The van der Waals surface area contributed by atoms with Crippen molar-refractivity contribution in [2.75, 3.05) is 12.4 Å². The lowest BCUT2D eigenvalue weighted by Crippen LogP contribution is -2.15. The van der Waals surface area contributed by atoms with Crippen LogP contribution in [0.25, 0.3) is 0 Å². The molecule has 0 saturated heterocycles. The van der Waals surface area contributed by atoms with Crippen molar-refractivity contribution in [2.45, 2.75) is 32.3 Å². The topological polar surface area (TPSA) is 47.6 Å². The van der Waals surface area contributed by atoms with Gasteiger partial charge in [-0.25, -0.2) is 0 Å². The lowest BCUT2D eigenvalue weighted by molar-refractivity contribution is -0.117. The van der Waals surface area contributed by atoms with Crippen molar-refractivity contribution in [1.29, 1.82) is 0 Å². The van der Waals surface area contributed by atoms with Crippen molar-refractivity contribution in [3.05, 3.63) is 89.5 Å². The number of methoxy groups -OCH3 is 1. The summed E-state index contributed by atoms with van der Waals surface area (Å²) in [6.07, 6.45) is 0.806. The zero-order valence-electron chi connectivity index (χ0n) is 17.6. The number of ether oxygens (including phenoxy) is 2. The van der Waals surface area contributed by atoms with E-state index < -0.39 is 0 Å². The molecule has 154 valence electrons. The number of hydrogen-bond donors (Lipinski definition) is 1. The lowest BCUT2D eigenvalue weighted by Gasteiger charge is -2.17. The van der Waals surface area contributed by atoms with Gasteiger partial charge in [0.25, 0.3) is 0 Å². The van der Waals surface area contributed by atoms with Crippen LogP contribution in [0.2, 0.25) is 0 Å². The Balaban J connectivity index is 1.39. The fraction of sp³-hybridized carbons (Fsp3) is 0.269. The van der Waals surface area contributed by atoms with Crippen LogP contribution in [0, 0.1) is 12.8 Å². The summed E-state index contributed by atoms with van der Waals surface area (Å²) in [7, 11) is 1.67. The van der Waals surface area contributed by atoms with Gasteiger partial charge in [-0.05, 0) is 67.1 Å². The Morgan fingerprint density at radius 1 is 1.03 bits per heavy atom. The Morgan fingerprint density at radius 3 is 2.50 bits per heavy atom. The highest BCUT2D eigenvalue weighted by Gasteiger charge is 2.45. The summed E-state index contributed by atoms with van der Waals surface area (Å²) in [5.74, 6) is 1.90. The molecule has 0 radical (unpaired) electrons. The predicted molar refractivity (Wildman–Crippen MR) is 119 cm³/mol. The zero-order chi connectivity index (χ0) is 21.1. The summed E-state index contributed by atoms with van der Waals surface area (Å²) >= 11 is 0. The molecule has 30 heavy (non-hydrogen) atoms. The molecule has 3 aromatic rings. The van der Waals surface area contributed by atoms with E-state index >= 15 is 0 Å². The van der Waals surface area contributed by atoms with E-state index in [4.69, 9.17) is 9.47 Å². The van der Waals surface area contributed by atoms with E-state index in [0.29, 0.717) is 0 Å². The number of carbonyl (C=O) groups excluding carboxylic acids is 1. The molecule has 0 bridgehead atoms. The summed E-state index contributed by atoms with van der Waals surface area (Å²) in [4.78, 5) is 12.8. The third-order valence-electron chi connectivity index (χ3n) is 5.70. The van der Waals surface area contributed by atoms with Crippen LogP contribution in [0.1, 0.15) is 42.1 Å². The van der Waals surface area contributed by atoms with Gasteiger partial charge in [-0.3, -0.25) is 4.79 Å². The molecule has 1 saturated carbocycles. The maximum Gasteiger partial charge on any atom is 0.228 e. The van der Waals surface area contributed by atoms with Crippen LogP contribution >= 0.6 is 0 Å². The maximum atomic E-state index is 12.8. The van der Waals surface area contributed by atoms with Crippen LogP contribution in [0.4, 0.5) is 5.69 Å². The smallest absolute Gasteiger partial charge is 0.228 e. The molecule has 3 unspecified atom stereocenters. The second-order valence-electron chi connectivity index (χ2n) is 7.83. The maximum absolute atomic E-state index is 12.8. The molecule has 4 nitrogen and oxygen atoms in total. The first-order valence-electron chi connectivity index (χ1n) is 10.3. The van der Waals surface area contributed by atoms with Crippen molar-refractivity contribution in [1.82, 2.24) is 0 Å². The van der Waals surface area contributed by atoms with Crippen LogP contribution in [-0.4, -0.2) is 13.0 Å². The Morgan fingerprint density at radius 2 is 1.77 bits per heavy atom. The van der Waals surface area contributed by atoms with Crippen LogP contribution in [0.15, 0.2) is 72.8 Å². The van der Waals surface area contributed by atoms with E-state index in [2.05, 4.69) is 17.4 Å². The van der Waals surface area contributed by atoms with E-state index in [9.17, 15) is 4.79 Å². The van der Waals surface area contributed by atoms with E-state index in [1.54, 1.807) is 7.11 Å². The molecule has 1 aliphatic carbocycles. The van der Waals surface area contributed by atoms with Gasteiger partial charge >= 0.3 is 0 Å². The minimum atomic E-state index is -0.0425. The van der Waals surface area contributed by atoms with Gasteiger partial charge < -0.3 is 14.8 Å². The average molecular weight is 402 g/mol. The van der Waals surface area contributed by atoms with E-state index in [0.717, 1.165) is 40.3 Å². The highest BCUT2D eigenvalue weighted by molar-refractivity contribution is 5.96. The molecule has 1 N–H and O–H groups in total. The van der Waals surface area contributed by atoms with Gasteiger partial charge in [-0.1, -0.05) is 48.5 Å². The summed E-state index contributed by atoms with van der Waals surface area (Å²) in [5.41, 5.74) is 4.04. The molecule has 1 amide bonds. The molecule has 0 aliphatic heterocycles. The van der Waals surface area contributed by atoms with Gasteiger partial charge in [0.05, 0.1) is 7.11 Å². The fourth-order valence-electron chi connectivity index (χ4n) is 3.87. The number of aryl methyl sites for hydroxylation is 1. The second kappa shape index (κ2) is 8.62. The van der Waals surface area contributed by atoms with Gasteiger partial charge in [0.2, 0.25) is 5.91 Å². The summed E-state index contributed by atoms with van der Waals surface area (Å²) < 4.78 is 11.5. The molecular formula is C26H27NO3. The van der Waals surface area contributed by atoms with Crippen molar-refractivity contribution >= 4 is 11.6 Å². The second-order valence-corrected chi connectivity index (χ2v) is 7.83. The fourth-order valence-corrected chi connectivity index (χ4v) is 3.87. The highest BCUT2D eigenvalue weighted by Crippen LogP contribution is 2.50. The van der Waals surface area contributed by atoms with Crippen molar-refractivity contribution in [2.24, 2.45) is 5.92 Å². The summed E-state index contributed by atoms with van der Waals surface area (Å²) in [6.45, 7) is 4.02. The van der Waals surface area contributed by atoms with Gasteiger partial charge in [-0.15, -0.1) is 0 Å². The molecule has 3 atom stereocenters. The SMILES string of the molecule is COc1ccccc1C1CC1C(=O)Nc1ccc(OC(C)c2ccccc2)cc1C. The molecular weight excluding hydrogens is 374 g/mol. The Labute approximate surface area is 177 Å². The largest absolute Gasteiger partial charge is 0.496 e. The zero-order valence-corrected chi connectivity index (χ0v) is 17.6. The summed E-state index contributed by atoms with van der Waals surface area (Å²) in [5, 5.41) is 3.09. The lowest BCUT2D eigenvalue weighted by atomic mass is 10.1. The number of hydrogen-bond acceptors (Lipinski definition) is 3. The van der Waals surface area contributed by atoms with Crippen molar-refractivity contribution in [3.8, 4) is 11.5 Å². The third-order valence-corrected chi connectivity index (χ3v) is 5.70. The van der Waals surface area contributed by atoms with E-state index in [-0.39, 0.29) is 23.8 Å². The Hall–Kier alpha value is -3.27. The van der Waals surface area contributed by atoms with Gasteiger partial charge in [-0.2, -0.15) is 0 Å². The number of benzene rings is 3. The van der Waals surface area contributed by atoms with Crippen molar-refractivity contribution < 1.29 is 14.3 Å². The predicted octanol–water partition coefficient (Wildman–Crippen LogP) is 5.89. The van der Waals surface area contributed by atoms with Crippen LogP contribution in [-0.2, 0) is 4.79 Å². The monoisotopic (exact) mass is 401 g/mol. The quantitative estimate of drug-likeness (QED) is 0.537. The van der Waals surface area contributed by atoms with Crippen molar-refractivity contribution in [3.63, 3.8) is 0 Å². The molecule has 0 spiro atoms. The molecule has 1 fully saturated rings. The van der Waals surface area contributed by atoms with Gasteiger partial charge in [0.15, 0.2) is 0 Å². The Kier molecular flexibility index (Phi) is 5.75. The number of amides is 1. The highest BCUT2D eigenvalue weighted by atomic mass is 16.5. The number of nitrogens with one attached hydrogen (secondary N) is 1. The molecule has 4 heteroatoms. The average Bonchev–Trinajstić information content (AvgIpc) is 3.57. The van der Waals surface area contributed by atoms with Gasteiger partial charge in [0.1, 0.15) is 17.6 Å². The molecule has 0 heterocycles. The standard InChI is InChI=1S/C26H27NO3/c1-17-15-20(30-18(2)19-9-5-4-6-10-19)13-14-24(17)27-26(28)23-16-22(23)21-11-7-8-12-25(21)29-3/h4-15,18,22-23H,16H2,1-3H3,(H,27,28). The first-order valence-corrected chi connectivity index (χ1v) is 10.3. The molecule has 0 aromatic heterocycles. The number of anilines is 1. The van der Waals surface area contributed by atoms with E-state index in [1.165, 1.54) is 0 Å². The summed E-state index contributed by atoms with van der Waals surface area (Å²) in [6, 6.07) is 23.9. The number of para-hydroxylation sites is 1. The first-order chi connectivity index (χ1) is 14.6. The number of rotatable bonds is 7. The van der Waals surface area contributed by atoms with Gasteiger partial charge in [0, 0.05) is 11.6 Å². The molecule has 4 rings (SSSR count). The van der Waals surface area contributed by atoms with E-state index in [1.807, 2.05) is 74.5 Å². The van der Waals surface area contributed by atoms with Crippen LogP contribution in [0.3, 0.4) is 0 Å². The minimum Gasteiger partial charge on any atom is -0.496 e. The Bertz CT molecular complexity index is 1030. The normalized spacial score (nSPS) is 18.4. The van der Waals surface area contributed by atoms with Crippen LogP contribution < -0.4 is 14.8 Å². The first kappa shape index (κ1) is 20.0. The van der Waals surface area contributed by atoms with Crippen LogP contribution in [0.5, 0.6) is 11.5 Å². The number of carbonyl (C=O) groups is 1. The third kappa shape index (κ3) is 4.33.